The van der Waals surface area contributed by atoms with Crippen LogP contribution in [0.25, 0.3) is 0 Å². The van der Waals surface area contributed by atoms with Gasteiger partial charge in [-0.15, -0.1) is 0 Å². The second-order valence-corrected chi connectivity index (χ2v) is 11.3. The van der Waals surface area contributed by atoms with Gasteiger partial charge >= 0.3 is 0 Å². The molecule has 36 heavy (non-hydrogen) atoms. The fourth-order valence-corrected chi connectivity index (χ4v) is 5.68. The first-order valence-corrected chi connectivity index (χ1v) is 13.6. The minimum absolute atomic E-state index is 0.0632. The molecular formula is C28H34N4O3S. The van der Waals surface area contributed by atoms with E-state index in [1.807, 2.05) is 13.8 Å². The lowest BCUT2D eigenvalue weighted by Gasteiger charge is -2.41. The number of ether oxygens (including phenoxy) is 1. The van der Waals surface area contributed by atoms with Gasteiger partial charge in [0.25, 0.3) is 0 Å². The van der Waals surface area contributed by atoms with Gasteiger partial charge < -0.3 is 20.3 Å². The lowest BCUT2D eigenvalue weighted by atomic mass is 9.90. The topological polar surface area (TPSA) is 83.0 Å². The van der Waals surface area contributed by atoms with Gasteiger partial charge in [0.1, 0.15) is 11.0 Å². The molecule has 2 heterocycles. The zero-order valence-electron chi connectivity index (χ0n) is 21.1. The van der Waals surface area contributed by atoms with E-state index in [0.29, 0.717) is 11.1 Å². The third kappa shape index (κ3) is 5.86. The Hall–Kier alpha value is -3.00. The first-order valence-electron chi connectivity index (χ1n) is 12.8. The summed E-state index contributed by atoms with van der Waals surface area (Å²) in [5, 5.41) is 5.96. The average Bonchev–Trinajstić information content (AvgIpc) is 3.58. The van der Waals surface area contributed by atoms with Gasteiger partial charge in [-0.05, 0) is 68.0 Å². The normalized spacial score (nSPS) is 22.4. The molecule has 2 aromatic rings. The molecule has 2 aromatic carbocycles. The molecule has 2 fully saturated rings. The van der Waals surface area contributed by atoms with Gasteiger partial charge in [0, 0.05) is 31.6 Å². The fraction of sp³-hybridized carbons (Fsp3) is 0.464. The van der Waals surface area contributed by atoms with E-state index >= 15 is 0 Å². The van der Waals surface area contributed by atoms with Crippen molar-refractivity contribution in [1.82, 2.24) is 10.6 Å². The van der Waals surface area contributed by atoms with Gasteiger partial charge in [-0.2, -0.15) is 0 Å². The molecule has 0 radical (unpaired) electrons. The van der Waals surface area contributed by atoms with Crippen LogP contribution in [-0.2, 0) is 9.59 Å². The predicted molar refractivity (Wildman–Crippen MR) is 145 cm³/mol. The molecule has 8 heteroatoms. The predicted octanol–water partition coefficient (Wildman–Crippen LogP) is 4.25. The molecule has 190 valence electrons. The lowest BCUT2D eigenvalue weighted by Crippen LogP contribution is -2.45. The Labute approximate surface area is 217 Å². The molecule has 3 aliphatic rings. The summed E-state index contributed by atoms with van der Waals surface area (Å²) in [5.74, 6) is 1.99. The lowest BCUT2D eigenvalue weighted by molar-refractivity contribution is -0.121. The number of carbonyl (C=O) groups is 2. The summed E-state index contributed by atoms with van der Waals surface area (Å²) in [6, 6.07) is 16.7. The number of hydrogen-bond donors (Lipinski definition) is 2. The van der Waals surface area contributed by atoms with Crippen LogP contribution in [-0.4, -0.2) is 48.0 Å². The molecule has 0 spiro atoms. The van der Waals surface area contributed by atoms with Crippen LogP contribution in [0.4, 0.5) is 5.69 Å². The summed E-state index contributed by atoms with van der Waals surface area (Å²) < 4.78 is 5.85. The Bertz CT molecular complexity index is 1120. The van der Waals surface area contributed by atoms with Crippen molar-refractivity contribution in [1.29, 1.82) is 0 Å². The minimum atomic E-state index is -0.339. The number of thioether (sulfide) groups is 1. The first kappa shape index (κ1) is 24.7. The Morgan fingerprint density at radius 3 is 2.44 bits per heavy atom. The first-order chi connectivity index (χ1) is 17.4. The molecule has 0 bridgehead atoms. The fourth-order valence-electron chi connectivity index (χ4n) is 4.57. The largest absolute Gasteiger partial charge is 0.493 e. The number of aliphatic imine (C=N–C) groups is 1. The number of amidine groups is 1. The van der Waals surface area contributed by atoms with Crippen LogP contribution in [0.5, 0.6) is 5.75 Å². The van der Waals surface area contributed by atoms with Crippen molar-refractivity contribution in [2.45, 2.75) is 56.9 Å². The number of anilines is 1. The van der Waals surface area contributed by atoms with Crippen molar-refractivity contribution in [3.8, 4) is 5.75 Å². The zero-order valence-corrected chi connectivity index (χ0v) is 21.9. The van der Waals surface area contributed by atoms with E-state index < -0.39 is 0 Å². The van der Waals surface area contributed by atoms with Gasteiger partial charge in [-0.1, -0.05) is 36.0 Å². The molecule has 1 saturated carbocycles. The average molecular weight is 507 g/mol. The number of hydrogen-bond acceptors (Lipinski definition) is 6. The van der Waals surface area contributed by atoms with Crippen LogP contribution >= 0.6 is 11.8 Å². The van der Waals surface area contributed by atoms with Crippen molar-refractivity contribution in [2.75, 3.05) is 24.6 Å². The number of amides is 2. The Morgan fingerprint density at radius 2 is 1.81 bits per heavy atom. The van der Waals surface area contributed by atoms with Crippen molar-refractivity contribution >= 4 is 34.4 Å². The summed E-state index contributed by atoms with van der Waals surface area (Å²) >= 11 is 1.31. The minimum Gasteiger partial charge on any atom is -0.493 e. The van der Waals surface area contributed by atoms with Crippen molar-refractivity contribution in [3.63, 3.8) is 0 Å². The van der Waals surface area contributed by atoms with E-state index in [4.69, 9.17) is 4.74 Å². The number of benzene rings is 2. The molecule has 1 aliphatic carbocycles. The standard InChI is InChI=1S/C28H34N4O3S/c1-17(29-27(34)26-18(2)30-28(36-26)31-19(3)33)21-6-8-22(9-7-21)23-14-32(15-23)24-10-12-25(13-11-24)35-16-20-4-5-20/h6-13,17-18,20,23,26H,4-5,14-16H2,1-3H3,(H,29,34)(H,30,31,33)/t17-,18?,26?/m0/s1. The van der Waals surface area contributed by atoms with E-state index in [1.54, 1.807) is 0 Å². The maximum atomic E-state index is 12.8. The summed E-state index contributed by atoms with van der Waals surface area (Å²) in [5.41, 5.74) is 3.64. The van der Waals surface area contributed by atoms with Crippen LogP contribution in [0.2, 0.25) is 0 Å². The highest BCUT2D eigenvalue weighted by atomic mass is 32.2. The van der Waals surface area contributed by atoms with Gasteiger partial charge in [0.05, 0.1) is 18.7 Å². The molecular weight excluding hydrogens is 472 g/mol. The molecule has 3 atom stereocenters. The van der Waals surface area contributed by atoms with Crippen LogP contribution in [0, 0.1) is 5.92 Å². The molecule has 5 rings (SSSR count). The van der Waals surface area contributed by atoms with Gasteiger partial charge in [0.2, 0.25) is 11.8 Å². The Balaban J connectivity index is 1.09. The SMILES string of the molecule is CC(=O)NC1=NC(C)C(C(=O)N[C@@H](C)c2ccc(C3CN(c4ccc(OCC5CC5)cc4)C3)cc2)S1. The van der Waals surface area contributed by atoms with Gasteiger partial charge in [-0.25, -0.2) is 0 Å². The van der Waals surface area contributed by atoms with E-state index in [0.717, 1.165) is 36.9 Å². The summed E-state index contributed by atoms with van der Waals surface area (Å²) in [6.45, 7) is 8.18. The van der Waals surface area contributed by atoms with Crippen molar-refractivity contribution < 1.29 is 14.3 Å². The van der Waals surface area contributed by atoms with Crippen LogP contribution in [0.3, 0.4) is 0 Å². The second kappa shape index (κ2) is 10.5. The van der Waals surface area contributed by atoms with Crippen molar-refractivity contribution in [3.05, 3.63) is 59.7 Å². The maximum Gasteiger partial charge on any atom is 0.236 e. The molecule has 7 nitrogen and oxygen atoms in total. The number of carbonyl (C=O) groups excluding carboxylic acids is 2. The summed E-state index contributed by atoms with van der Waals surface area (Å²) in [4.78, 5) is 30.9. The third-order valence-electron chi connectivity index (χ3n) is 7.07. The number of rotatable bonds is 8. The molecule has 2 unspecified atom stereocenters. The molecule has 1 saturated heterocycles. The van der Waals surface area contributed by atoms with Gasteiger partial charge in [-0.3, -0.25) is 14.6 Å². The summed E-state index contributed by atoms with van der Waals surface area (Å²) in [7, 11) is 0. The third-order valence-corrected chi connectivity index (χ3v) is 8.36. The molecule has 0 aromatic heterocycles. The molecule has 2 amide bonds. The smallest absolute Gasteiger partial charge is 0.236 e. The van der Waals surface area contributed by atoms with E-state index in [-0.39, 0.29) is 29.1 Å². The highest BCUT2D eigenvalue weighted by molar-refractivity contribution is 8.15. The highest BCUT2D eigenvalue weighted by Crippen LogP contribution is 2.34. The molecule has 2 aliphatic heterocycles. The Morgan fingerprint density at radius 1 is 1.11 bits per heavy atom. The van der Waals surface area contributed by atoms with Gasteiger partial charge in [0.15, 0.2) is 5.17 Å². The maximum absolute atomic E-state index is 12.8. The van der Waals surface area contributed by atoms with E-state index in [2.05, 4.69) is 69.1 Å². The number of nitrogens with zero attached hydrogens (tertiary/aromatic N) is 2. The molecule has 2 N–H and O–H groups in total. The van der Waals surface area contributed by atoms with E-state index in [1.165, 1.54) is 42.8 Å². The summed E-state index contributed by atoms with van der Waals surface area (Å²) in [6.07, 6.45) is 2.61. The van der Waals surface area contributed by atoms with E-state index in [9.17, 15) is 9.59 Å². The van der Waals surface area contributed by atoms with Crippen LogP contribution in [0.1, 0.15) is 56.7 Å². The zero-order chi connectivity index (χ0) is 25.2. The van der Waals surface area contributed by atoms with Crippen LogP contribution < -0.4 is 20.3 Å². The second-order valence-electron chi connectivity index (χ2n) is 10.1. The highest BCUT2D eigenvalue weighted by Gasteiger charge is 2.34. The monoisotopic (exact) mass is 506 g/mol. The van der Waals surface area contributed by atoms with Crippen molar-refractivity contribution in [2.24, 2.45) is 10.9 Å². The Kier molecular flexibility index (Phi) is 7.23. The van der Waals surface area contributed by atoms with Crippen LogP contribution in [0.15, 0.2) is 53.5 Å². The quantitative estimate of drug-likeness (QED) is 0.559. The number of nitrogens with one attached hydrogen (secondary N) is 2.